The number of nitrogens with zero attached hydrogens (tertiary/aromatic N) is 2. The quantitative estimate of drug-likeness (QED) is 0.618. The average molecular weight is 332 g/mol. The highest BCUT2D eigenvalue weighted by Crippen LogP contribution is 2.19. The van der Waals surface area contributed by atoms with Crippen molar-refractivity contribution >= 4 is 17.8 Å². The maximum atomic E-state index is 12.4. The Morgan fingerprint density at radius 2 is 1.79 bits per heavy atom. The first-order valence-corrected chi connectivity index (χ1v) is 8.27. The minimum Gasteiger partial charge on any atom is -0.466 e. The Bertz CT molecular complexity index is 580. The zero-order valence-corrected chi connectivity index (χ0v) is 14.2. The molecule has 1 aliphatic rings. The van der Waals surface area contributed by atoms with Gasteiger partial charge in [-0.2, -0.15) is 0 Å². The van der Waals surface area contributed by atoms with Crippen LogP contribution >= 0.6 is 0 Å². The van der Waals surface area contributed by atoms with E-state index in [-0.39, 0.29) is 11.9 Å². The molecule has 2 amide bonds. The Hall–Kier alpha value is -2.37. The van der Waals surface area contributed by atoms with Crippen molar-refractivity contribution in [2.75, 3.05) is 26.7 Å². The molecular formula is C18H24N2O4. The molecule has 0 N–H and O–H groups in total. The number of rotatable bonds is 4. The van der Waals surface area contributed by atoms with Gasteiger partial charge in [0.25, 0.3) is 0 Å². The van der Waals surface area contributed by atoms with Gasteiger partial charge in [0, 0.05) is 26.7 Å². The summed E-state index contributed by atoms with van der Waals surface area (Å²) >= 11 is 0. The Morgan fingerprint density at radius 3 is 2.38 bits per heavy atom. The minimum atomic E-state index is -0.520. The highest BCUT2D eigenvalue weighted by molar-refractivity contribution is 6.34. The van der Waals surface area contributed by atoms with Gasteiger partial charge in [-0.05, 0) is 25.3 Å². The van der Waals surface area contributed by atoms with Crippen molar-refractivity contribution in [3.8, 4) is 0 Å². The van der Waals surface area contributed by atoms with Crippen LogP contribution in [0, 0.1) is 5.92 Å². The summed E-state index contributed by atoms with van der Waals surface area (Å²) in [6, 6.07) is 9.54. The summed E-state index contributed by atoms with van der Waals surface area (Å²) in [5, 5.41) is 0. The summed E-state index contributed by atoms with van der Waals surface area (Å²) in [5.74, 6) is -1.41. The van der Waals surface area contributed by atoms with Gasteiger partial charge in [-0.25, -0.2) is 0 Å². The third-order valence-electron chi connectivity index (χ3n) is 4.19. The smallest absolute Gasteiger partial charge is 0.312 e. The lowest BCUT2D eigenvalue weighted by Gasteiger charge is -2.31. The van der Waals surface area contributed by atoms with Crippen LogP contribution in [0.3, 0.4) is 0 Å². The van der Waals surface area contributed by atoms with Crippen molar-refractivity contribution < 1.29 is 19.1 Å². The lowest BCUT2D eigenvalue weighted by atomic mass is 9.97. The van der Waals surface area contributed by atoms with E-state index in [9.17, 15) is 14.4 Å². The van der Waals surface area contributed by atoms with E-state index in [1.807, 2.05) is 30.3 Å². The summed E-state index contributed by atoms with van der Waals surface area (Å²) < 4.78 is 5.01. The number of likely N-dealkylation sites (tertiary alicyclic amines) is 1. The molecule has 1 saturated heterocycles. The number of amides is 2. The Labute approximate surface area is 142 Å². The number of hydrogen-bond donors (Lipinski definition) is 0. The third kappa shape index (κ3) is 4.57. The summed E-state index contributed by atoms with van der Waals surface area (Å²) in [7, 11) is 1.62. The zero-order chi connectivity index (χ0) is 17.5. The predicted molar refractivity (Wildman–Crippen MR) is 88.9 cm³/mol. The van der Waals surface area contributed by atoms with Gasteiger partial charge in [-0.15, -0.1) is 0 Å². The average Bonchev–Trinajstić information content (AvgIpc) is 2.61. The minimum absolute atomic E-state index is 0.175. The van der Waals surface area contributed by atoms with E-state index < -0.39 is 11.8 Å². The molecule has 0 saturated carbocycles. The van der Waals surface area contributed by atoms with Crippen LogP contribution in [0.15, 0.2) is 30.3 Å². The second kappa shape index (κ2) is 8.47. The van der Waals surface area contributed by atoms with E-state index in [2.05, 4.69) is 0 Å². The topological polar surface area (TPSA) is 66.9 Å². The van der Waals surface area contributed by atoms with Crippen molar-refractivity contribution in [3.05, 3.63) is 35.9 Å². The van der Waals surface area contributed by atoms with Crippen LogP contribution in [0.5, 0.6) is 0 Å². The molecule has 0 radical (unpaired) electrons. The molecule has 6 nitrogen and oxygen atoms in total. The van der Waals surface area contributed by atoms with Crippen molar-refractivity contribution in [3.63, 3.8) is 0 Å². The molecular weight excluding hydrogens is 308 g/mol. The van der Waals surface area contributed by atoms with Gasteiger partial charge in [-0.3, -0.25) is 14.4 Å². The predicted octanol–water partition coefficient (Wildman–Crippen LogP) is 1.45. The number of ether oxygens (including phenoxy) is 1. The van der Waals surface area contributed by atoms with Gasteiger partial charge >= 0.3 is 17.8 Å². The molecule has 0 unspecified atom stereocenters. The van der Waals surface area contributed by atoms with E-state index in [4.69, 9.17) is 4.74 Å². The fourth-order valence-corrected chi connectivity index (χ4v) is 2.81. The standard InChI is InChI=1S/C18H24N2O4/c1-3-24-18(23)15-9-11-20(12-10-15)17(22)16(21)19(2)13-14-7-5-4-6-8-14/h4-8,15H,3,9-13H2,1-2H3. The van der Waals surface area contributed by atoms with Gasteiger partial charge < -0.3 is 14.5 Å². The second-order valence-electron chi connectivity index (χ2n) is 5.97. The van der Waals surface area contributed by atoms with Crippen LogP contribution in [0.4, 0.5) is 0 Å². The molecule has 1 aromatic carbocycles. The maximum Gasteiger partial charge on any atom is 0.312 e. The van der Waals surface area contributed by atoms with Crippen LogP contribution in [0.2, 0.25) is 0 Å². The van der Waals surface area contributed by atoms with Crippen LogP contribution in [0.25, 0.3) is 0 Å². The van der Waals surface area contributed by atoms with E-state index >= 15 is 0 Å². The molecule has 0 bridgehead atoms. The largest absolute Gasteiger partial charge is 0.466 e. The van der Waals surface area contributed by atoms with Gasteiger partial charge in [0.05, 0.1) is 12.5 Å². The highest BCUT2D eigenvalue weighted by Gasteiger charge is 2.31. The molecule has 2 rings (SSSR count). The molecule has 1 fully saturated rings. The molecule has 0 atom stereocenters. The first-order chi connectivity index (χ1) is 11.5. The lowest BCUT2D eigenvalue weighted by Crippen LogP contribution is -2.47. The summed E-state index contributed by atoms with van der Waals surface area (Å²) in [5.41, 5.74) is 0.974. The summed E-state index contributed by atoms with van der Waals surface area (Å²) in [6.45, 7) is 3.35. The fraction of sp³-hybridized carbons (Fsp3) is 0.500. The highest BCUT2D eigenvalue weighted by atomic mass is 16.5. The van der Waals surface area contributed by atoms with Crippen LogP contribution in [-0.4, -0.2) is 54.3 Å². The number of carbonyl (C=O) groups excluding carboxylic acids is 3. The van der Waals surface area contributed by atoms with Gasteiger partial charge in [0.15, 0.2) is 0 Å². The number of hydrogen-bond acceptors (Lipinski definition) is 4. The summed E-state index contributed by atoms with van der Waals surface area (Å²) in [4.78, 5) is 39.3. The van der Waals surface area contributed by atoms with Gasteiger partial charge in [-0.1, -0.05) is 30.3 Å². The third-order valence-corrected chi connectivity index (χ3v) is 4.19. The molecule has 24 heavy (non-hydrogen) atoms. The number of esters is 1. The lowest BCUT2D eigenvalue weighted by molar-refractivity contribution is -0.155. The molecule has 1 aromatic rings. The van der Waals surface area contributed by atoms with Crippen LogP contribution in [-0.2, 0) is 25.7 Å². The molecule has 6 heteroatoms. The molecule has 130 valence electrons. The number of benzene rings is 1. The monoisotopic (exact) mass is 332 g/mol. The first kappa shape index (κ1) is 18.0. The van der Waals surface area contributed by atoms with Crippen molar-refractivity contribution in [1.29, 1.82) is 0 Å². The molecule has 1 heterocycles. The van der Waals surface area contributed by atoms with E-state index in [1.54, 1.807) is 14.0 Å². The first-order valence-electron chi connectivity index (χ1n) is 8.27. The molecule has 0 spiro atoms. The Morgan fingerprint density at radius 1 is 1.17 bits per heavy atom. The maximum absolute atomic E-state index is 12.4. The van der Waals surface area contributed by atoms with Gasteiger partial charge in [0.2, 0.25) is 0 Å². The number of piperidine rings is 1. The van der Waals surface area contributed by atoms with Gasteiger partial charge in [0.1, 0.15) is 0 Å². The Balaban J connectivity index is 1.85. The van der Waals surface area contributed by atoms with E-state index in [1.165, 1.54) is 9.80 Å². The normalized spacial score (nSPS) is 15.0. The van der Waals surface area contributed by atoms with Crippen molar-refractivity contribution in [1.82, 2.24) is 9.80 Å². The second-order valence-corrected chi connectivity index (χ2v) is 5.97. The molecule has 1 aliphatic heterocycles. The number of carbonyl (C=O) groups is 3. The number of likely N-dealkylation sites (N-methyl/N-ethyl adjacent to an activating group) is 1. The van der Waals surface area contributed by atoms with E-state index in [0.717, 1.165) is 5.56 Å². The van der Waals surface area contributed by atoms with E-state index in [0.29, 0.717) is 39.1 Å². The molecule has 0 aliphatic carbocycles. The van der Waals surface area contributed by atoms with Crippen molar-refractivity contribution in [2.24, 2.45) is 5.92 Å². The van der Waals surface area contributed by atoms with Crippen molar-refractivity contribution in [2.45, 2.75) is 26.3 Å². The van der Waals surface area contributed by atoms with Crippen LogP contribution < -0.4 is 0 Å². The Kier molecular flexibility index (Phi) is 6.35. The fourth-order valence-electron chi connectivity index (χ4n) is 2.81. The summed E-state index contributed by atoms with van der Waals surface area (Å²) in [6.07, 6.45) is 1.08. The SMILES string of the molecule is CCOC(=O)C1CCN(C(=O)C(=O)N(C)Cc2ccccc2)CC1. The van der Waals surface area contributed by atoms with Crippen LogP contribution in [0.1, 0.15) is 25.3 Å². The molecule has 0 aromatic heterocycles. The zero-order valence-electron chi connectivity index (χ0n) is 14.2.